The first kappa shape index (κ1) is 11.2. The zero-order chi connectivity index (χ0) is 12.1. The summed E-state index contributed by atoms with van der Waals surface area (Å²) in [6.07, 6.45) is 1.51. The Morgan fingerprint density at radius 1 is 1.12 bits per heavy atom. The minimum Gasteiger partial charge on any atom is -0.497 e. The van der Waals surface area contributed by atoms with E-state index in [9.17, 15) is 0 Å². The summed E-state index contributed by atoms with van der Waals surface area (Å²) >= 11 is 0. The van der Waals surface area contributed by atoms with Gasteiger partial charge in [0, 0.05) is 24.9 Å². The minimum absolute atomic E-state index is 0.734. The molecule has 2 aromatic rings. The van der Waals surface area contributed by atoms with Gasteiger partial charge in [0.2, 0.25) is 0 Å². The van der Waals surface area contributed by atoms with Gasteiger partial charge in [-0.2, -0.15) is 0 Å². The van der Waals surface area contributed by atoms with Crippen LogP contribution in [0, 0.1) is 0 Å². The molecule has 2 N–H and O–H groups in total. The van der Waals surface area contributed by atoms with Crippen molar-refractivity contribution in [2.45, 2.75) is 0 Å². The minimum atomic E-state index is 0.734. The summed E-state index contributed by atoms with van der Waals surface area (Å²) in [5.74, 6) is 2.31. The van der Waals surface area contributed by atoms with Crippen LogP contribution in [0.3, 0.4) is 0 Å². The molecule has 0 unspecified atom stereocenters. The first-order valence-electron chi connectivity index (χ1n) is 5.22. The van der Waals surface area contributed by atoms with Crippen molar-refractivity contribution in [2.75, 3.05) is 24.8 Å². The molecule has 0 aliphatic carbocycles. The average Bonchev–Trinajstić information content (AvgIpc) is 2.39. The molecule has 2 rings (SSSR count). The van der Waals surface area contributed by atoms with Crippen LogP contribution in [0.4, 0.5) is 17.3 Å². The van der Waals surface area contributed by atoms with Crippen molar-refractivity contribution in [3.63, 3.8) is 0 Å². The topological polar surface area (TPSA) is 59.1 Å². The molecule has 17 heavy (non-hydrogen) atoms. The summed E-state index contributed by atoms with van der Waals surface area (Å²) in [4.78, 5) is 8.18. The number of aromatic nitrogens is 2. The third-order valence-corrected chi connectivity index (χ3v) is 2.27. The zero-order valence-corrected chi connectivity index (χ0v) is 9.77. The standard InChI is InChI=1S/C12H14N4O/c1-13-11-7-12(15-8-14-11)16-9-4-3-5-10(6-9)17-2/h3-8H,1-2H3,(H2,13,14,15,16). The molecule has 1 heterocycles. The normalized spacial score (nSPS) is 9.76. The molecule has 0 bridgehead atoms. The quantitative estimate of drug-likeness (QED) is 0.843. The second kappa shape index (κ2) is 5.16. The molecule has 0 saturated heterocycles. The highest BCUT2D eigenvalue weighted by Gasteiger charge is 1.99. The highest BCUT2D eigenvalue weighted by molar-refractivity contribution is 5.60. The molecule has 0 amide bonds. The lowest BCUT2D eigenvalue weighted by Crippen LogP contribution is -1.98. The Balaban J connectivity index is 2.18. The Morgan fingerprint density at radius 2 is 1.94 bits per heavy atom. The van der Waals surface area contributed by atoms with E-state index >= 15 is 0 Å². The fraction of sp³-hybridized carbons (Fsp3) is 0.167. The maximum atomic E-state index is 5.15. The third-order valence-electron chi connectivity index (χ3n) is 2.27. The van der Waals surface area contributed by atoms with Gasteiger partial charge in [0.1, 0.15) is 23.7 Å². The van der Waals surface area contributed by atoms with Crippen molar-refractivity contribution in [3.05, 3.63) is 36.7 Å². The first-order chi connectivity index (χ1) is 8.31. The van der Waals surface area contributed by atoms with Crippen molar-refractivity contribution in [1.82, 2.24) is 9.97 Å². The molecular weight excluding hydrogens is 216 g/mol. The average molecular weight is 230 g/mol. The molecule has 0 fully saturated rings. The van der Waals surface area contributed by atoms with Crippen LogP contribution in [0.1, 0.15) is 0 Å². The molecule has 88 valence electrons. The molecular formula is C12H14N4O. The Bertz CT molecular complexity index is 456. The molecule has 0 aliphatic rings. The number of nitrogens with zero attached hydrogens (tertiary/aromatic N) is 2. The molecule has 0 saturated carbocycles. The molecule has 0 atom stereocenters. The molecule has 0 spiro atoms. The summed E-state index contributed by atoms with van der Waals surface area (Å²) < 4.78 is 5.15. The smallest absolute Gasteiger partial charge is 0.135 e. The number of rotatable bonds is 4. The highest BCUT2D eigenvalue weighted by Crippen LogP contribution is 2.20. The second-order valence-electron chi connectivity index (χ2n) is 3.40. The molecule has 5 heteroatoms. The van der Waals surface area contributed by atoms with Gasteiger partial charge in [0.05, 0.1) is 7.11 Å². The van der Waals surface area contributed by atoms with Crippen LogP contribution in [-0.2, 0) is 0 Å². The lowest BCUT2D eigenvalue weighted by Gasteiger charge is -2.07. The number of benzene rings is 1. The zero-order valence-electron chi connectivity index (χ0n) is 9.77. The van der Waals surface area contributed by atoms with Gasteiger partial charge in [-0.3, -0.25) is 0 Å². The first-order valence-corrected chi connectivity index (χ1v) is 5.22. The second-order valence-corrected chi connectivity index (χ2v) is 3.40. The van der Waals surface area contributed by atoms with E-state index in [1.807, 2.05) is 37.4 Å². The van der Waals surface area contributed by atoms with E-state index in [2.05, 4.69) is 20.6 Å². The number of hydrogen-bond acceptors (Lipinski definition) is 5. The largest absolute Gasteiger partial charge is 0.497 e. The van der Waals surface area contributed by atoms with Crippen LogP contribution < -0.4 is 15.4 Å². The van der Waals surface area contributed by atoms with Crippen LogP contribution in [0.5, 0.6) is 5.75 Å². The number of methoxy groups -OCH3 is 1. The van der Waals surface area contributed by atoms with E-state index in [1.165, 1.54) is 6.33 Å². The summed E-state index contributed by atoms with van der Waals surface area (Å²) in [5.41, 5.74) is 0.921. The predicted octanol–water partition coefficient (Wildman–Crippen LogP) is 2.27. The number of nitrogens with one attached hydrogen (secondary N) is 2. The Labute approximate surface area is 99.9 Å². The van der Waals surface area contributed by atoms with E-state index in [4.69, 9.17) is 4.74 Å². The molecule has 0 aliphatic heterocycles. The summed E-state index contributed by atoms with van der Waals surface area (Å²) in [6.45, 7) is 0. The van der Waals surface area contributed by atoms with Crippen molar-refractivity contribution >= 4 is 17.3 Å². The van der Waals surface area contributed by atoms with Gasteiger partial charge in [0.25, 0.3) is 0 Å². The van der Waals surface area contributed by atoms with Gasteiger partial charge < -0.3 is 15.4 Å². The van der Waals surface area contributed by atoms with Crippen molar-refractivity contribution < 1.29 is 4.74 Å². The summed E-state index contributed by atoms with van der Waals surface area (Å²) in [6, 6.07) is 9.50. The fourth-order valence-electron chi connectivity index (χ4n) is 1.41. The van der Waals surface area contributed by atoms with Crippen LogP contribution in [-0.4, -0.2) is 24.1 Å². The van der Waals surface area contributed by atoms with Crippen molar-refractivity contribution in [1.29, 1.82) is 0 Å². The van der Waals surface area contributed by atoms with E-state index in [-0.39, 0.29) is 0 Å². The van der Waals surface area contributed by atoms with Gasteiger partial charge >= 0.3 is 0 Å². The summed E-state index contributed by atoms with van der Waals surface area (Å²) in [7, 11) is 3.46. The third kappa shape index (κ3) is 2.84. The van der Waals surface area contributed by atoms with E-state index in [0.717, 1.165) is 23.1 Å². The van der Waals surface area contributed by atoms with Crippen LogP contribution in [0.2, 0.25) is 0 Å². The SMILES string of the molecule is CNc1cc(Nc2cccc(OC)c2)ncn1. The lowest BCUT2D eigenvalue weighted by atomic mass is 10.3. The van der Waals surface area contributed by atoms with E-state index in [1.54, 1.807) is 7.11 Å². The van der Waals surface area contributed by atoms with E-state index < -0.39 is 0 Å². The molecule has 0 radical (unpaired) electrons. The van der Waals surface area contributed by atoms with Crippen LogP contribution in [0.25, 0.3) is 0 Å². The number of ether oxygens (including phenoxy) is 1. The number of hydrogen-bond donors (Lipinski definition) is 2. The number of anilines is 3. The maximum absolute atomic E-state index is 5.15. The molecule has 1 aromatic heterocycles. The van der Waals surface area contributed by atoms with Gasteiger partial charge in [-0.25, -0.2) is 9.97 Å². The Hall–Kier alpha value is -2.30. The predicted molar refractivity (Wildman–Crippen MR) is 67.9 cm³/mol. The summed E-state index contributed by atoms with van der Waals surface area (Å²) in [5, 5.41) is 6.14. The fourth-order valence-corrected chi connectivity index (χ4v) is 1.41. The van der Waals surface area contributed by atoms with Crippen molar-refractivity contribution in [3.8, 4) is 5.75 Å². The van der Waals surface area contributed by atoms with Gasteiger partial charge in [-0.05, 0) is 12.1 Å². The van der Waals surface area contributed by atoms with E-state index in [0.29, 0.717) is 0 Å². The molecule has 1 aromatic carbocycles. The van der Waals surface area contributed by atoms with Crippen LogP contribution in [0.15, 0.2) is 36.7 Å². The van der Waals surface area contributed by atoms with Crippen LogP contribution >= 0.6 is 0 Å². The molecule has 5 nitrogen and oxygen atoms in total. The Morgan fingerprint density at radius 3 is 2.71 bits per heavy atom. The maximum Gasteiger partial charge on any atom is 0.135 e. The Kier molecular flexibility index (Phi) is 3.40. The van der Waals surface area contributed by atoms with Gasteiger partial charge in [-0.15, -0.1) is 0 Å². The monoisotopic (exact) mass is 230 g/mol. The highest BCUT2D eigenvalue weighted by atomic mass is 16.5. The van der Waals surface area contributed by atoms with Gasteiger partial charge in [-0.1, -0.05) is 6.07 Å². The lowest BCUT2D eigenvalue weighted by molar-refractivity contribution is 0.415. The van der Waals surface area contributed by atoms with Crippen molar-refractivity contribution in [2.24, 2.45) is 0 Å². The van der Waals surface area contributed by atoms with Gasteiger partial charge in [0.15, 0.2) is 0 Å².